The molecule has 0 bridgehead atoms. The molecule has 28 heavy (non-hydrogen) atoms. The fraction of sp³-hybridized carbons (Fsp3) is 0.409. The summed E-state index contributed by atoms with van der Waals surface area (Å²) in [7, 11) is 0. The largest absolute Gasteiger partial charge is 0.381 e. The molecule has 1 atom stereocenters. The van der Waals surface area contributed by atoms with Crippen molar-refractivity contribution in [2.75, 3.05) is 13.2 Å². The molecule has 152 valence electrons. The van der Waals surface area contributed by atoms with Gasteiger partial charge in [-0.1, -0.05) is 54.6 Å². The second kappa shape index (κ2) is 11.8. The number of hydrogen-bond donors (Lipinski definition) is 2. The highest BCUT2D eigenvalue weighted by Crippen LogP contribution is 2.17. The highest BCUT2D eigenvalue weighted by Gasteiger charge is 2.26. The Labute approximate surface area is 173 Å². The molecule has 0 saturated carbocycles. The van der Waals surface area contributed by atoms with E-state index >= 15 is 0 Å². The molecule has 0 radical (unpaired) electrons. The SMILES string of the molecule is Cl.NC(C(=O)NCc1ccc(COCc2ccccc2)cc1)C1CCOCC1. The Morgan fingerprint density at radius 2 is 1.57 bits per heavy atom. The van der Waals surface area contributed by atoms with E-state index < -0.39 is 6.04 Å². The zero-order valence-corrected chi connectivity index (χ0v) is 16.8. The predicted molar refractivity (Wildman–Crippen MR) is 112 cm³/mol. The lowest BCUT2D eigenvalue weighted by Gasteiger charge is -2.26. The molecule has 1 saturated heterocycles. The van der Waals surface area contributed by atoms with Crippen molar-refractivity contribution in [1.29, 1.82) is 0 Å². The average Bonchev–Trinajstić information content (AvgIpc) is 2.74. The fourth-order valence-corrected chi connectivity index (χ4v) is 3.21. The van der Waals surface area contributed by atoms with Crippen molar-refractivity contribution in [3.63, 3.8) is 0 Å². The molecule has 0 spiro atoms. The maximum atomic E-state index is 12.3. The van der Waals surface area contributed by atoms with E-state index in [0.717, 1.165) is 29.5 Å². The van der Waals surface area contributed by atoms with Gasteiger partial charge in [-0.15, -0.1) is 12.4 Å². The van der Waals surface area contributed by atoms with Crippen LogP contribution in [-0.4, -0.2) is 25.2 Å². The maximum absolute atomic E-state index is 12.3. The summed E-state index contributed by atoms with van der Waals surface area (Å²) in [4.78, 5) is 12.3. The summed E-state index contributed by atoms with van der Waals surface area (Å²) in [5, 5.41) is 2.94. The lowest BCUT2D eigenvalue weighted by atomic mass is 9.92. The van der Waals surface area contributed by atoms with Gasteiger partial charge in [0.25, 0.3) is 0 Å². The topological polar surface area (TPSA) is 73.6 Å². The zero-order valence-electron chi connectivity index (χ0n) is 16.0. The quantitative estimate of drug-likeness (QED) is 0.708. The van der Waals surface area contributed by atoms with Crippen molar-refractivity contribution in [2.45, 2.75) is 38.6 Å². The van der Waals surface area contributed by atoms with Gasteiger partial charge >= 0.3 is 0 Å². The molecule has 1 amide bonds. The summed E-state index contributed by atoms with van der Waals surface area (Å²) >= 11 is 0. The Morgan fingerprint density at radius 3 is 2.21 bits per heavy atom. The summed E-state index contributed by atoms with van der Waals surface area (Å²) in [5.41, 5.74) is 9.42. The van der Waals surface area contributed by atoms with E-state index in [0.29, 0.717) is 33.0 Å². The average molecular weight is 405 g/mol. The monoisotopic (exact) mass is 404 g/mol. The number of amides is 1. The number of nitrogens with two attached hydrogens (primary N) is 1. The molecule has 6 heteroatoms. The number of rotatable bonds is 8. The van der Waals surface area contributed by atoms with Gasteiger partial charge in [0.05, 0.1) is 19.3 Å². The number of carbonyl (C=O) groups excluding carboxylic acids is 1. The Morgan fingerprint density at radius 1 is 1.00 bits per heavy atom. The Bertz CT molecular complexity index is 703. The highest BCUT2D eigenvalue weighted by atomic mass is 35.5. The first kappa shape index (κ1) is 22.4. The molecular formula is C22H29ClN2O3. The third-order valence-corrected chi connectivity index (χ3v) is 4.95. The van der Waals surface area contributed by atoms with Crippen LogP contribution in [0.25, 0.3) is 0 Å². The zero-order chi connectivity index (χ0) is 18.9. The number of carbonyl (C=O) groups is 1. The van der Waals surface area contributed by atoms with Crippen molar-refractivity contribution in [1.82, 2.24) is 5.32 Å². The van der Waals surface area contributed by atoms with Gasteiger partial charge in [0.1, 0.15) is 0 Å². The van der Waals surface area contributed by atoms with E-state index in [4.69, 9.17) is 15.2 Å². The summed E-state index contributed by atoms with van der Waals surface area (Å²) in [6, 6.07) is 17.8. The second-order valence-electron chi connectivity index (χ2n) is 6.99. The lowest BCUT2D eigenvalue weighted by Crippen LogP contribution is -2.46. The van der Waals surface area contributed by atoms with Crippen molar-refractivity contribution >= 4 is 18.3 Å². The van der Waals surface area contributed by atoms with Gasteiger partial charge in [-0.3, -0.25) is 4.79 Å². The van der Waals surface area contributed by atoms with Gasteiger partial charge in [0.15, 0.2) is 0 Å². The van der Waals surface area contributed by atoms with Crippen LogP contribution in [0.4, 0.5) is 0 Å². The lowest BCUT2D eigenvalue weighted by molar-refractivity contribution is -0.124. The smallest absolute Gasteiger partial charge is 0.237 e. The number of halogens is 1. The minimum absolute atomic E-state index is 0. The molecule has 1 unspecified atom stereocenters. The molecular weight excluding hydrogens is 376 g/mol. The third kappa shape index (κ3) is 6.91. The van der Waals surface area contributed by atoms with Crippen LogP contribution in [0.5, 0.6) is 0 Å². The number of nitrogens with one attached hydrogen (secondary N) is 1. The number of ether oxygens (including phenoxy) is 2. The van der Waals surface area contributed by atoms with Crippen LogP contribution in [0.1, 0.15) is 29.5 Å². The van der Waals surface area contributed by atoms with Crippen LogP contribution in [-0.2, 0) is 34.0 Å². The van der Waals surface area contributed by atoms with Crippen LogP contribution in [0.2, 0.25) is 0 Å². The van der Waals surface area contributed by atoms with E-state index in [9.17, 15) is 4.79 Å². The first-order valence-electron chi connectivity index (χ1n) is 9.53. The minimum Gasteiger partial charge on any atom is -0.381 e. The Balaban J connectivity index is 0.00000280. The summed E-state index contributed by atoms with van der Waals surface area (Å²) in [6.45, 7) is 3.04. The number of hydrogen-bond acceptors (Lipinski definition) is 4. The van der Waals surface area contributed by atoms with Gasteiger partial charge in [-0.2, -0.15) is 0 Å². The molecule has 2 aromatic carbocycles. The Kier molecular flexibility index (Phi) is 9.44. The second-order valence-corrected chi connectivity index (χ2v) is 6.99. The van der Waals surface area contributed by atoms with Gasteiger partial charge in [0.2, 0.25) is 5.91 Å². The van der Waals surface area contributed by atoms with Crippen molar-refractivity contribution in [3.8, 4) is 0 Å². The third-order valence-electron chi connectivity index (χ3n) is 4.95. The molecule has 5 nitrogen and oxygen atoms in total. The van der Waals surface area contributed by atoms with Crippen LogP contribution < -0.4 is 11.1 Å². The van der Waals surface area contributed by atoms with Gasteiger partial charge < -0.3 is 20.5 Å². The van der Waals surface area contributed by atoms with Crippen molar-refractivity contribution in [2.24, 2.45) is 11.7 Å². The van der Waals surface area contributed by atoms with Gasteiger partial charge in [-0.05, 0) is 35.4 Å². The van der Waals surface area contributed by atoms with Crippen molar-refractivity contribution < 1.29 is 14.3 Å². The Hall–Kier alpha value is -1.92. The van der Waals surface area contributed by atoms with E-state index in [1.54, 1.807) is 0 Å². The molecule has 1 fully saturated rings. The predicted octanol–water partition coefficient (Wildman–Crippen LogP) is 3.20. The maximum Gasteiger partial charge on any atom is 0.237 e. The normalized spacial score (nSPS) is 15.5. The van der Waals surface area contributed by atoms with Gasteiger partial charge in [-0.25, -0.2) is 0 Å². The summed E-state index contributed by atoms with van der Waals surface area (Å²) in [5.74, 6) is 0.125. The molecule has 2 aromatic rings. The first-order valence-corrected chi connectivity index (χ1v) is 9.53. The standard InChI is InChI=1S/C22H28N2O3.ClH/c23-21(20-10-12-26-13-11-20)22(25)24-14-17-6-8-19(9-7-17)16-27-15-18-4-2-1-3-5-18;/h1-9,20-21H,10-16,23H2,(H,24,25);1H. The molecule has 1 heterocycles. The summed E-state index contributed by atoms with van der Waals surface area (Å²) < 4.78 is 11.1. The minimum atomic E-state index is -0.459. The molecule has 0 aliphatic carbocycles. The summed E-state index contributed by atoms with van der Waals surface area (Å²) in [6.07, 6.45) is 1.71. The highest BCUT2D eigenvalue weighted by molar-refractivity contribution is 5.85. The van der Waals surface area contributed by atoms with Crippen LogP contribution in [0.15, 0.2) is 54.6 Å². The van der Waals surface area contributed by atoms with Crippen LogP contribution in [0, 0.1) is 5.92 Å². The fourth-order valence-electron chi connectivity index (χ4n) is 3.21. The van der Waals surface area contributed by atoms with E-state index in [1.165, 1.54) is 0 Å². The number of benzene rings is 2. The van der Waals surface area contributed by atoms with Gasteiger partial charge in [0, 0.05) is 19.8 Å². The van der Waals surface area contributed by atoms with Crippen molar-refractivity contribution in [3.05, 3.63) is 71.3 Å². The molecule has 3 rings (SSSR count). The van der Waals surface area contributed by atoms with E-state index in [2.05, 4.69) is 17.4 Å². The van der Waals surface area contributed by atoms with E-state index in [-0.39, 0.29) is 24.2 Å². The van der Waals surface area contributed by atoms with E-state index in [1.807, 2.05) is 42.5 Å². The van der Waals surface area contributed by atoms with Crippen LogP contribution >= 0.6 is 12.4 Å². The molecule has 3 N–H and O–H groups in total. The molecule has 0 aromatic heterocycles. The first-order chi connectivity index (χ1) is 13.2. The molecule has 1 aliphatic heterocycles. The van der Waals surface area contributed by atoms with Crippen LogP contribution in [0.3, 0.4) is 0 Å². The molecule has 1 aliphatic rings.